The maximum atomic E-state index is 6.26. The predicted molar refractivity (Wildman–Crippen MR) is 97.6 cm³/mol. The number of hydrogen-bond acceptors (Lipinski definition) is 4. The Morgan fingerprint density at radius 3 is 2.38 bits per heavy atom. The molecule has 0 spiro atoms. The van der Waals surface area contributed by atoms with Gasteiger partial charge >= 0.3 is 0 Å². The fourth-order valence-electron chi connectivity index (χ4n) is 2.44. The summed E-state index contributed by atoms with van der Waals surface area (Å²) >= 11 is 6.26. The fourth-order valence-corrected chi connectivity index (χ4v) is 2.75. The monoisotopic (exact) mass is 349 g/mol. The molecule has 0 bridgehead atoms. The topological polar surface area (TPSA) is 39.7 Å². The van der Waals surface area contributed by atoms with Gasteiger partial charge < -0.3 is 19.5 Å². The van der Waals surface area contributed by atoms with Crippen molar-refractivity contribution in [3.05, 3.63) is 52.5 Å². The zero-order valence-corrected chi connectivity index (χ0v) is 15.2. The van der Waals surface area contributed by atoms with E-state index in [-0.39, 0.29) is 0 Å². The van der Waals surface area contributed by atoms with Gasteiger partial charge in [0.1, 0.15) is 5.75 Å². The van der Waals surface area contributed by atoms with Gasteiger partial charge in [0.2, 0.25) is 0 Å². The zero-order chi connectivity index (χ0) is 17.4. The van der Waals surface area contributed by atoms with Crippen LogP contribution in [0, 0.1) is 0 Å². The van der Waals surface area contributed by atoms with Gasteiger partial charge in [-0.15, -0.1) is 0 Å². The molecule has 2 aromatic rings. The lowest BCUT2D eigenvalue weighted by molar-refractivity contribution is 0.310. The number of methoxy groups -OCH3 is 2. The number of nitrogens with one attached hydrogen (secondary N) is 1. The van der Waals surface area contributed by atoms with E-state index < -0.39 is 0 Å². The van der Waals surface area contributed by atoms with Gasteiger partial charge in [-0.1, -0.05) is 23.7 Å². The first-order valence-electron chi connectivity index (χ1n) is 8.00. The van der Waals surface area contributed by atoms with Gasteiger partial charge in [0.05, 0.1) is 25.8 Å². The van der Waals surface area contributed by atoms with Crippen LogP contribution in [-0.4, -0.2) is 27.4 Å². The summed E-state index contributed by atoms with van der Waals surface area (Å²) < 4.78 is 16.1. The second kappa shape index (κ2) is 9.40. The Hall–Kier alpha value is -1.91. The molecule has 0 saturated heterocycles. The molecule has 0 saturated carbocycles. The highest BCUT2D eigenvalue weighted by Gasteiger charge is 2.11. The zero-order valence-electron chi connectivity index (χ0n) is 14.4. The van der Waals surface area contributed by atoms with Gasteiger partial charge in [-0.3, -0.25) is 0 Å². The van der Waals surface area contributed by atoms with Crippen LogP contribution in [0.2, 0.25) is 5.02 Å². The number of rotatable bonds is 9. The summed E-state index contributed by atoms with van der Waals surface area (Å²) in [6.45, 7) is 4.11. The second-order valence-corrected chi connectivity index (χ2v) is 5.72. The Labute approximate surface area is 148 Å². The van der Waals surface area contributed by atoms with Crippen LogP contribution >= 0.6 is 11.6 Å². The van der Waals surface area contributed by atoms with Crippen LogP contribution in [-0.2, 0) is 13.0 Å². The van der Waals surface area contributed by atoms with E-state index in [1.807, 2.05) is 31.2 Å². The van der Waals surface area contributed by atoms with Crippen LogP contribution < -0.4 is 19.5 Å². The molecule has 0 fully saturated rings. The molecule has 24 heavy (non-hydrogen) atoms. The van der Waals surface area contributed by atoms with Gasteiger partial charge in [-0.25, -0.2) is 0 Å². The third-order valence-corrected chi connectivity index (χ3v) is 3.93. The lowest BCUT2D eigenvalue weighted by Crippen LogP contribution is -2.16. The molecule has 0 amide bonds. The first-order chi connectivity index (χ1) is 11.7. The molecule has 0 atom stereocenters. The van der Waals surface area contributed by atoms with E-state index in [1.165, 1.54) is 5.56 Å². The molecule has 2 aromatic carbocycles. The summed E-state index contributed by atoms with van der Waals surface area (Å²) in [5.74, 6) is 2.14. The summed E-state index contributed by atoms with van der Waals surface area (Å²) in [5.41, 5.74) is 2.34. The molecule has 5 heteroatoms. The Morgan fingerprint density at radius 2 is 1.75 bits per heavy atom. The molecule has 130 valence electrons. The minimum atomic E-state index is 0.565. The molecular weight excluding hydrogens is 326 g/mol. The van der Waals surface area contributed by atoms with Crippen molar-refractivity contribution < 1.29 is 14.2 Å². The molecule has 0 heterocycles. The third-order valence-electron chi connectivity index (χ3n) is 3.65. The van der Waals surface area contributed by atoms with Crippen LogP contribution in [0.25, 0.3) is 0 Å². The van der Waals surface area contributed by atoms with Gasteiger partial charge in [-0.2, -0.15) is 0 Å². The van der Waals surface area contributed by atoms with Crippen LogP contribution in [0.4, 0.5) is 0 Å². The van der Waals surface area contributed by atoms with Gasteiger partial charge in [0.25, 0.3) is 0 Å². The Balaban J connectivity index is 1.89. The number of benzene rings is 2. The van der Waals surface area contributed by atoms with E-state index >= 15 is 0 Å². The molecule has 0 unspecified atom stereocenters. The Kier molecular flexibility index (Phi) is 7.22. The molecule has 0 aromatic heterocycles. The maximum absolute atomic E-state index is 6.26. The minimum absolute atomic E-state index is 0.565. The average molecular weight is 350 g/mol. The van der Waals surface area contributed by atoms with Crippen molar-refractivity contribution in [3.8, 4) is 17.2 Å². The van der Waals surface area contributed by atoms with Crippen LogP contribution in [0.15, 0.2) is 36.4 Å². The second-order valence-electron chi connectivity index (χ2n) is 5.32. The van der Waals surface area contributed by atoms with E-state index in [2.05, 4.69) is 17.4 Å². The quantitative estimate of drug-likeness (QED) is 0.692. The summed E-state index contributed by atoms with van der Waals surface area (Å²) in [7, 11) is 3.27. The van der Waals surface area contributed by atoms with Crippen molar-refractivity contribution >= 4 is 11.6 Å². The highest BCUT2D eigenvalue weighted by atomic mass is 35.5. The SMILES string of the molecule is CCOc1cc(CNCCc2ccc(OC)cc2)cc(Cl)c1OC. The minimum Gasteiger partial charge on any atom is -0.497 e. The van der Waals surface area contributed by atoms with Crippen LogP contribution in [0.5, 0.6) is 17.2 Å². The van der Waals surface area contributed by atoms with Crippen molar-refractivity contribution in [2.24, 2.45) is 0 Å². The molecule has 2 rings (SSSR count). The number of ether oxygens (including phenoxy) is 3. The Morgan fingerprint density at radius 1 is 1.00 bits per heavy atom. The molecule has 1 N–H and O–H groups in total. The van der Waals surface area contributed by atoms with Gasteiger partial charge in [-0.05, 0) is 55.3 Å². The van der Waals surface area contributed by atoms with Crippen LogP contribution in [0.3, 0.4) is 0 Å². The first kappa shape index (κ1) is 18.4. The lowest BCUT2D eigenvalue weighted by atomic mass is 10.1. The molecular formula is C19H24ClNO3. The largest absolute Gasteiger partial charge is 0.497 e. The van der Waals surface area contributed by atoms with E-state index in [0.29, 0.717) is 23.1 Å². The molecule has 0 radical (unpaired) electrons. The van der Waals surface area contributed by atoms with E-state index in [1.54, 1.807) is 14.2 Å². The normalized spacial score (nSPS) is 10.5. The Bertz CT molecular complexity index is 644. The fraction of sp³-hybridized carbons (Fsp3) is 0.368. The standard InChI is InChI=1S/C19H24ClNO3/c1-4-24-18-12-15(11-17(20)19(18)23-3)13-21-10-9-14-5-7-16(22-2)8-6-14/h5-8,11-12,21H,4,9-10,13H2,1-3H3. The van der Waals surface area contributed by atoms with Crippen molar-refractivity contribution in [1.82, 2.24) is 5.32 Å². The van der Waals surface area contributed by atoms with Crippen molar-refractivity contribution in [3.63, 3.8) is 0 Å². The lowest BCUT2D eigenvalue weighted by Gasteiger charge is -2.13. The summed E-state index contributed by atoms with van der Waals surface area (Å²) in [4.78, 5) is 0. The highest BCUT2D eigenvalue weighted by Crippen LogP contribution is 2.36. The molecule has 4 nitrogen and oxygen atoms in total. The molecule has 0 aliphatic heterocycles. The van der Waals surface area contributed by atoms with Crippen molar-refractivity contribution in [1.29, 1.82) is 0 Å². The van der Waals surface area contributed by atoms with Gasteiger partial charge in [0, 0.05) is 6.54 Å². The summed E-state index contributed by atoms with van der Waals surface area (Å²) in [6, 6.07) is 12.0. The first-order valence-corrected chi connectivity index (χ1v) is 8.38. The molecule has 0 aliphatic carbocycles. The maximum Gasteiger partial charge on any atom is 0.179 e. The van der Waals surface area contributed by atoms with E-state index in [0.717, 1.165) is 30.8 Å². The van der Waals surface area contributed by atoms with Crippen molar-refractivity contribution in [2.75, 3.05) is 27.4 Å². The third kappa shape index (κ3) is 5.05. The van der Waals surface area contributed by atoms with E-state index in [4.69, 9.17) is 25.8 Å². The van der Waals surface area contributed by atoms with Gasteiger partial charge in [0.15, 0.2) is 11.5 Å². The number of hydrogen-bond donors (Lipinski definition) is 1. The number of halogens is 1. The predicted octanol–water partition coefficient (Wildman–Crippen LogP) is 4.09. The van der Waals surface area contributed by atoms with Crippen molar-refractivity contribution in [2.45, 2.75) is 19.9 Å². The van der Waals surface area contributed by atoms with E-state index in [9.17, 15) is 0 Å². The smallest absolute Gasteiger partial charge is 0.179 e. The molecule has 0 aliphatic rings. The summed E-state index contributed by atoms with van der Waals surface area (Å²) in [6.07, 6.45) is 0.951. The summed E-state index contributed by atoms with van der Waals surface area (Å²) in [5, 5.41) is 3.99. The average Bonchev–Trinajstić information content (AvgIpc) is 2.59. The van der Waals surface area contributed by atoms with Crippen LogP contribution in [0.1, 0.15) is 18.1 Å². The highest BCUT2D eigenvalue weighted by molar-refractivity contribution is 6.32.